The van der Waals surface area contributed by atoms with Gasteiger partial charge in [-0.2, -0.15) is 0 Å². The lowest BCUT2D eigenvalue weighted by atomic mass is 9.98. The standard InChI is InChI=1S/C14H17ClN2O3/c1-8(2)13-14(19)16-7-12(18)17(13)10-6-9(15)4-5-11(10)20-3/h4-6,8,13H,7H2,1-3H3,(H,16,19). The van der Waals surface area contributed by atoms with E-state index in [0.29, 0.717) is 16.5 Å². The van der Waals surface area contributed by atoms with E-state index >= 15 is 0 Å². The molecule has 1 saturated heterocycles. The number of hydrogen-bond donors (Lipinski definition) is 1. The van der Waals surface area contributed by atoms with Crippen LogP contribution in [0.4, 0.5) is 5.69 Å². The Hall–Kier alpha value is -1.75. The highest BCUT2D eigenvalue weighted by Gasteiger charge is 2.38. The predicted octanol–water partition coefficient (Wildman–Crippen LogP) is 1.84. The van der Waals surface area contributed by atoms with E-state index in [9.17, 15) is 9.59 Å². The van der Waals surface area contributed by atoms with Crippen molar-refractivity contribution in [2.75, 3.05) is 18.6 Å². The molecule has 1 fully saturated rings. The lowest BCUT2D eigenvalue weighted by Crippen LogP contribution is -2.60. The molecule has 1 aromatic carbocycles. The number of methoxy groups -OCH3 is 1. The third-order valence-corrected chi connectivity index (χ3v) is 3.50. The second kappa shape index (κ2) is 5.71. The van der Waals surface area contributed by atoms with Crippen LogP contribution in [-0.4, -0.2) is 31.5 Å². The summed E-state index contributed by atoms with van der Waals surface area (Å²) in [6.45, 7) is 3.78. The van der Waals surface area contributed by atoms with Crippen molar-refractivity contribution in [1.82, 2.24) is 5.32 Å². The fourth-order valence-corrected chi connectivity index (χ4v) is 2.53. The summed E-state index contributed by atoms with van der Waals surface area (Å²) in [7, 11) is 1.52. The quantitative estimate of drug-likeness (QED) is 0.926. The van der Waals surface area contributed by atoms with Crippen LogP contribution >= 0.6 is 11.6 Å². The van der Waals surface area contributed by atoms with Gasteiger partial charge in [-0.25, -0.2) is 0 Å². The van der Waals surface area contributed by atoms with E-state index in [1.807, 2.05) is 13.8 Å². The molecule has 0 spiro atoms. The Balaban J connectivity index is 2.53. The monoisotopic (exact) mass is 296 g/mol. The number of carbonyl (C=O) groups is 2. The van der Waals surface area contributed by atoms with Crippen molar-refractivity contribution in [2.24, 2.45) is 5.92 Å². The number of anilines is 1. The van der Waals surface area contributed by atoms with Gasteiger partial charge in [-0.1, -0.05) is 25.4 Å². The molecule has 1 aliphatic heterocycles. The molecule has 1 aromatic rings. The molecule has 0 aromatic heterocycles. The minimum Gasteiger partial charge on any atom is -0.495 e. The van der Waals surface area contributed by atoms with Gasteiger partial charge < -0.3 is 10.1 Å². The number of ether oxygens (including phenoxy) is 1. The van der Waals surface area contributed by atoms with Crippen LogP contribution in [0.25, 0.3) is 0 Å². The molecule has 6 heteroatoms. The molecule has 1 heterocycles. The topological polar surface area (TPSA) is 58.6 Å². The van der Waals surface area contributed by atoms with Crippen molar-refractivity contribution in [3.05, 3.63) is 23.2 Å². The molecular formula is C14H17ClN2O3. The first kappa shape index (κ1) is 14.7. The molecule has 20 heavy (non-hydrogen) atoms. The Morgan fingerprint density at radius 3 is 2.70 bits per heavy atom. The zero-order valence-electron chi connectivity index (χ0n) is 11.6. The summed E-state index contributed by atoms with van der Waals surface area (Å²) >= 11 is 6.01. The van der Waals surface area contributed by atoms with E-state index < -0.39 is 6.04 Å². The summed E-state index contributed by atoms with van der Waals surface area (Å²) < 4.78 is 5.28. The van der Waals surface area contributed by atoms with Crippen molar-refractivity contribution in [3.8, 4) is 5.75 Å². The van der Waals surface area contributed by atoms with Gasteiger partial charge >= 0.3 is 0 Å². The van der Waals surface area contributed by atoms with Crippen LogP contribution < -0.4 is 15.0 Å². The van der Waals surface area contributed by atoms with Gasteiger partial charge in [0.15, 0.2) is 0 Å². The van der Waals surface area contributed by atoms with E-state index in [4.69, 9.17) is 16.3 Å². The van der Waals surface area contributed by atoms with Gasteiger partial charge in [0.05, 0.1) is 19.3 Å². The van der Waals surface area contributed by atoms with Crippen molar-refractivity contribution in [3.63, 3.8) is 0 Å². The molecule has 2 rings (SSSR count). The van der Waals surface area contributed by atoms with Crippen LogP contribution in [-0.2, 0) is 9.59 Å². The van der Waals surface area contributed by atoms with Crippen LogP contribution in [0.3, 0.4) is 0 Å². The molecule has 0 saturated carbocycles. The van der Waals surface area contributed by atoms with E-state index in [1.165, 1.54) is 12.0 Å². The van der Waals surface area contributed by atoms with Crippen LogP contribution in [0.1, 0.15) is 13.8 Å². The van der Waals surface area contributed by atoms with Gasteiger partial charge in [-0.15, -0.1) is 0 Å². The largest absolute Gasteiger partial charge is 0.495 e. The van der Waals surface area contributed by atoms with Crippen LogP contribution in [0.5, 0.6) is 5.75 Å². The Kier molecular flexibility index (Phi) is 4.18. The minimum atomic E-state index is -0.566. The number of amides is 2. The molecule has 0 aliphatic carbocycles. The highest BCUT2D eigenvalue weighted by molar-refractivity contribution is 6.31. The highest BCUT2D eigenvalue weighted by atomic mass is 35.5. The average molecular weight is 297 g/mol. The Bertz CT molecular complexity index is 545. The molecule has 1 unspecified atom stereocenters. The van der Waals surface area contributed by atoms with Crippen molar-refractivity contribution >= 4 is 29.1 Å². The van der Waals surface area contributed by atoms with Crippen molar-refractivity contribution in [1.29, 1.82) is 0 Å². The number of piperazine rings is 1. The van der Waals surface area contributed by atoms with E-state index in [0.717, 1.165) is 0 Å². The molecule has 2 amide bonds. The van der Waals surface area contributed by atoms with Gasteiger partial charge in [0.1, 0.15) is 11.8 Å². The smallest absolute Gasteiger partial charge is 0.247 e. The molecule has 1 atom stereocenters. The summed E-state index contributed by atoms with van der Waals surface area (Å²) in [4.78, 5) is 25.8. The summed E-state index contributed by atoms with van der Waals surface area (Å²) in [5, 5.41) is 3.10. The lowest BCUT2D eigenvalue weighted by Gasteiger charge is -2.37. The first-order chi connectivity index (χ1) is 9.45. The van der Waals surface area contributed by atoms with Gasteiger partial charge in [0.2, 0.25) is 11.8 Å². The van der Waals surface area contributed by atoms with E-state index in [-0.39, 0.29) is 24.3 Å². The maximum absolute atomic E-state index is 12.2. The van der Waals surface area contributed by atoms with Gasteiger partial charge in [-0.3, -0.25) is 14.5 Å². The summed E-state index contributed by atoms with van der Waals surface area (Å²) in [5.41, 5.74) is 0.526. The SMILES string of the molecule is COc1ccc(Cl)cc1N1C(=O)CNC(=O)C1C(C)C. The third kappa shape index (κ3) is 2.58. The Morgan fingerprint density at radius 2 is 2.10 bits per heavy atom. The number of hydrogen-bond acceptors (Lipinski definition) is 3. The summed E-state index contributed by atoms with van der Waals surface area (Å²) in [6, 6.07) is 4.45. The number of rotatable bonds is 3. The second-order valence-corrected chi connectivity index (χ2v) is 5.42. The molecule has 0 bridgehead atoms. The molecular weight excluding hydrogens is 280 g/mol. The highest BCUT2D eigenvalue weighted by Crippen LogP contribution is 2.34. The van der Waals surface area contributed by atoms with Gasteiger partial charge in [0, 0.05) is 5.02 Å². The third-order valence-electron chi connectivity index (χ3n) is 3.26. The normalized spacial score (nSPS) is 19.2. The number of nitrogens with one attached hydrogen (secondary N) is 1. The summed E-state index contributed by atoms with van der Waals surface area (Å²) in [6.07, 6.45) is 0. The van der Waals surface area contributed by atoms with Crippen molar-refractivity contribution in [2.45, 2.75) is 19.9 Å². The fourth-order valence-electron chi connectivity index (χ4n) is 2.36. The Morgan fingerprint density at radius 1 is 1.40 bits per heavy atom. The van der Waals surface area contributed by atoms with Crippen molar-refractivity contribution < 1.29 is 14.3 Å². The molecule has 1 aliphatic rings. The van der Waals surface area contributed by atoms with Crippen LogP contribution in [0.15, 0.2) is 18.2 Å². The first-order valence-electron chi connectivity index (χ1n) is 6.39. The minimum absolute atomic E-state index is 0.0161. The Labute approximate surface area is 122 Å². The first-order valence-corrected chi connectivity index (χ1v) is 6.76. The number of benzene rings is 1. The van der Waals surface area contributed by atoms with E-state index in [1.54, 1.807) is 18.2 Å². The van der Waals surface area contributed by atoms with Crippen LogP contribution in [0.2, 0.25) is 5.02 Å². The van der Waals surface area contributed by atoms with Gasteiger partial charge in [-0.05, 0) is 24.1 Å². The van der Waals surface area contributed by atoms with E-state index in [2.05, 4.69) is 5.32 Å². The zero-order chi connectivity index (χ0) is 14.9. The predicted molar refractivity (Wildman–Crippen MR) is 77.1 cm³/mol. The number of carbonyl (C=O) groups excluding carboxylic acids is 2. The average Bonchev–Trinajstić information content (AvgIpc) is 2.40. The second-order valence-electron chi connectivity index (χ2n) is 4.99. The fraction of sp³-hybridized carbons (Fsp3) is 0.429. The lowest BCUT2D eigenvalue weighted by molar-refractivity contribution is -0.131. The molecule has 5 nitrogen and oxygen atoms in total. The maximum atomic E-state index is 12.2. The summed E-state index contributed by atoms with van der Waals surface area (Å²) in [5.74, 6) is 0.150. The molecule has 108 valence electrons. The number of nitrogens with zero attached hydrogens (tertiary/aromatic N) is 1. The number of halogens is 1. The molecule has 0 radical (unpaired) electrons. The van der Waals surface area contributed by atoms with Crippen LogP contribution in [0, 0.1) is 5.92 Å². The zero-order valence-corrected chi connectivity index (χ0v) is 12.4. The molecule has 1 N–H and O–H groups in total. The maximum Gasteiger partial charge on any atom is 0.247 e. The van der Waals surface area contributed by atoms with Gasteiger partial charge in [0.25, 0.3) is 0 Å².